The lowest BCUT2D eigenvalue weighted by atomic mass is 9.89. The van der Waals surface area contributed by atoms with Crippen molar-refractivity contribution < 1.29 is 51.3 Å². The third kappa shape index (κ3) is 12.8. The van der Waals surface area contributed by atoms with E-state index in [0.717, 1.165) is 52.2 Å². The van der Waals surface area contributed by atoms with Crippen LogP contribution in [0, 0.1) is 12.8 Å². The van der Waals surface area contributed by atoms with Crippen molar-refractivity contribution in [3.05, 3.63) is 82.5 Å². The van der Waals surface area contributed by atoms with E-state index in [2.05, 4.69) is 53.3 Å². The number of alkyl halides is 4. The van der Waals surface area contributed by atoms with Gasteiger partial charge in [-0.15, -0.1) is 21.5 Å². The maximum Gasteiger partial charge on any atom is 0.453 e. The van der Waals surface area contributed by atoms with Gasteiger partial charge in [0.1, 0.15) is 23.7 Å². The first kappa shape index (κ1) is 52.3. The van der Waals surface area contributed by atoms with Gasteiger partial charge in [0.05, 0.1) is 47.9 Å². The quantitative estimate of drug-likeness (QED) is 0.0610. The van der Waals surface area contributed by atoms with Gasteiger partial charge in [-0.3, -0.25) is 19.2 Å². The second kappa shape index (κ2) is 22.8. The number of amidine groups is 1. The largest absolute Gasteiger partial charge is 0.494 e. The lowest BCUT2D eigenvalue weighted by Crippen LogP contribution is -2.56. The summed E-state index contributed by atoms with van der Waals surface area (Å²) in [4.78, 5) is 62.6. The topological polar surface area (TPSA) is 206 Å². The molecule has 0 radical (unpaired) electrons. The molecule has 4 aliphatic rings. The van der Waals surface area contributed by atoms with E-state index in [1.807, 2.05) is 43.3 Å². The molecule has 0 spiro atoms. The summed E-state index contributed by atoms with van der Waals surface area (Å²) in [6.45, 7) is 8.00. The fourth-order valence-electron chi connectivity index (χ4n) is 9.36. The zero-order valence-corrected chi connectivity index (χ0v) is 41.4. The second-order valence-corrected chi connectivity index (χ2v) is 20.2. The van der Waals surface area contributed by atoms with E-state index in [1.165, 1.54) is 21.8 Å². The van der Waals surface area contributed by atoms with E-state index in [4.69, 9.17) is 9.47 Å². The third-order valence-corrected chi connectivity index (χ3v) is 14.7. The van der Waals surface area contributed by atoms with Crippen molar-refractivity contribution >= 4 is 40.8 Å². The van der Waals surface area contributed by atoms with E-state index < -0.39 is 65.5 Å². The Balaban J connectivity index is 0.761. The third-order valence-electron chi connectivity index (χ3n) is 13.7. The van der Waals surface area contributed by atoms with Gasteiger partial charge in [-0.05, 0) is 86.1 Å². The van der Waals surface area contributed by atoms with Crippen molar-refractivity contribution in [1.29, 1.82) is 0 Å². The van der Waals surface area contributed by atoms with Crippen LogP contribution in [0.5, 0.6) is 5.75 Å². The average Bonchev–Trinajstić information content (AvgIpc) is 3.63. The standard InChI is InChI=1S/C50H62F4N10O7S/c1-30(2)43(58-48(69)49(51)18-19-49)46(68)63-28-36(65)26-39(63)45(67)57-38(34-6-8-35(9-7-34)44-31(3)56-29-72-44)27-42(66)55-20-25-70-23-4-5-24-71-37-12-10-32(11-13-37)33-16-21-62(22-17-33)41-15-14-40-59-60-47(50(52,53)54)64(40)61-41/h6-13,29-30,33,36,38-39,43,65H,4-5,14-28H2,1-3H3,(H,55,66)(H,57,67)(H,58,69)/t36-,38+,39?,43+/m1/s1. The smallest absolute Gasteiger partial charge is 0.453 e. The number of hydrogen-bond acceptors (Lipinski definition) is 13. The monoisotopic (exact) mass is 1020 g/mol. The summed E-state index contributed by atoms with van der Waals surface area (Å²) in [5, 5.41) is 30.3. The Morgan fingerprint density at radius 2 is 1.67 bits per heavy atom. The highest BCUT2D eigenvalue weighted by atomic mass is 32.1. The molecule has 3 fully saturated rings. The summed E-state index contributed by atoms with van der Waals surface area (Å²) >= 11 is 1.50. The van der Waals surface area contributed by atoms with E-state index in [-0.39, 0.29) is 57.1 Å². The number of aromatic nitrogens is 4. The number of benzene rings is 2. The number of piperidine rings is 1. The number of carbonyl (C=O) groups is 4. The molecule has 388 valence electrons. The number of nitrogens with zero attached hydrogens (tertiary/aromatic N) is 7. The van der Waals surface area contributed by atoms with Gasteiger partial charge in [-0.1, -0.05) is 50.2 Å². The van der Waals surface area contributed by atoms with Gasteiger partial charge in [-0.25, -0.2) is 9.37 Å². The van der Waals surface area contributed by atoms with Crippen LogP contribution >= 0.6 is 11.3 Å². The number of aliphatic hydroxyl groups is 1. The lowest BCUT2D eigenvalue weighted by Gasteiger charge is -2.35. The van der Waals surface area contributed by atoms with Crippen molar-refractivity contribution in [2.45, 2.75) is 127 Å². The Morgan fingerprint density at radius 3 is 2.33 bits per heavy atom. The van der Waals surface area contributed by atoms with Crippen molar-refractivity contribution in [2.24, 2.45) is 11.0 Å². The fraction of sp³-hybridized carbons (Fsp3) is 0.560. The number of hydrogen-bond donors (Lipinski definition) is 4. The minimum atomic E-state index is -4.63. The number of carbonyl (C=O) groups excluding carboxylic acids is 4. The number of aliphatic hydroxyl groups excluding tert-OH is 1. The molecule has 8 rings (SSSR count). The number of aryl methyl sites for hydroxylation is 2. The van der Waals surface area contributed by atoms with Crippen LogP contribution in [0.2, 0.25) is 0 Å². The van der Waals surface area contributed by atoms with Crippen LogP contribution in [-0.4, -0.2) is 134 Å². The van der Waals surface area contributed by atoms with Gasteiger partial charge < -0.3 is 40.3 Å². The molecule has 4 atom stereocenters. The van der Waals surface area contributed by atoms with Crippen molar-refractivity contribution in [1.82, 2.24) is 45.6 Å². The number of β-amino-alcohol motifs (C(OH)–C–C–N with tert-alkyl or cyclic N) is 1. The van der Waals surface area contributed by atoms with Gasteiger partial charge >= 0.3 is 6.18 Å². The second-order valence-electron chi connectivity index (χ2n) is 19.3. The summed E-state index contributed by atoms with van der Waals surface area (Å²) in [6, 6.07) is 12.5. The Kier molecular flexibility index (Phi) is 16.6. The molecule has 3 aliphatic heterocycles. The normalized spacial score (nSPS) is 19.6. The molecule has 2 saturated heterocycles. The average molecular weight is 1020 g/mol. The number of thiazole rings is 1. The molecule has 1 saturated carbocycles. The van der Waals surface area contributed by atoms with Crippen molar-refractivity contribution in [3.8, 4) is 16.2 Å². The molecule has 0 bridgehead atoms. The molecule has 4 aromatic rings. The summed E-state index contributed by atoms with van der Waals surface area (Å²) in [7, 11) is 0. The van der Waals surface area contributed by atoms with Gasteiger partial charge in [0, 0.05) is 52.0 Å². The summed E-state index contributed by atoms with van der Waals surface area (Å²) in [5.74, 6) is -1.99. The number of halogens is 4. The van der Waals surface area contributed by atoms with Crippen LogP contribution in [0.3, 0.4) is 0 Å². The maximum atomic E-state index is 14.6. The van der Waals surface area contributed by atoms with E-state index in [1.54, 1.807) is 19.4 Å². The fourth-order valence-corrected chi connectivity index (χ4v) is 10.2. The molecule has 5 heterocycles. The van der Waals surface area contributed by atoms with Crippen LogP contribution < -0.4 is 20.7 Å². The highest BCUT2D eigenvalue weighted by Crippen LogP contribution is 2.40. The summed E-state index contributed by atoms with van der Waals surface area (Å²) in [5.41, 5.74) is 3.40. The number of nitrogens with one attached hydrogen (secondary N) is 3. The number of fused-ring (bicyclic) bond motifs is 1. The molecular weight excluding hydrogens is 961 g/mol. The molecule has 2 aromatic heterocycles. The highest BCUT2D eigenvalue weighted by Gasteiger charge is 2.52. The molecule has 4 N–H and O–H groups in total. The Morgan fingerprint density at radius 1 is 0.944 bits per heavy atom. The highest BCUT2D eigenvalue weighted by molar-refractivity contribution is 7.13. The molecule has 4 amide bonds. The molecule has 22 heteroatoms. The predicted molar refractivity (Wildman–Crippen MR) is 258 cm³/mol. The molecule has 17 nitrogen and oxygen atoms in total. The van der Waals surface area contributed by atoms with E-state index in [9.17, 15) is 41.8 Å². The first-order chi connectivity index (χ1) is 34.5. The molecular formula is C50H62F4N10O7S. The Bertz CT molecular complexity index is 2560. The van der Waals surface area contributed by atoms with E-state index >= 15 is 0 Å². The number of amides is 4. The molecule has 2 aromatic carbocycles. The first-order valence-electron chi connectivity index (χ1n) is 24.7. The van der Waals surface area contributed by atoms with Crippen molar-refractivity contribution in [2.75, 3.05) is 46.0 Å². The van der Waals surface area contributed by atoms with E-state index in [0.29, 0.717) is 56.5 Å². The predicted octanol–water partition coefficient (Wildman–Crippen LogP) is 5.86. The number of rotatable bonds is 20. The van der Waals surface area contributed by atoms with Crippen LogP contribution in [0.1, 0.15) is 112 Å². The summed E-state index contributed by atoms with van der Waals surface area (Å²) < 4.78 is 67.4. The van der Waals surface area contributed by atoms with Gasteiger partial charge in [0.15, 0.2) is 11.5 Å². The minimum absolute atomic E-state index is 0.0544. The van der Waals surface area contributed by atoms with Gasteiger partial charge in [0.2, 0.25) is 17.7 Å². The summed E-state index contributed by atoms with van der Waals surface area (Å²) in [6.07, 6.45) is -1.62. The van der Waals surface area contributed by atoms with Crippen molar-refractivity contribution in [3.63, 3.8) is 0 Å². The number of ether oxygens (including phenoxy) is 2. The molecule has 72 heavy (non-hydrogen) atoms. The first-order valence-corrected chi connectivity index (χ1v) is 25.6. The van der Waals surface area contributed by atoms with Crippen LogP contribution in [0.15, 0.2) is 59.1 Å². The Labute approximate surface area is 419 Å². The van der Waals surface area contributed by atoms with Crippen LogP contribution in [0.4, 0.5) is 17.6 Å². The van der Waals surface area contributed by atoms with Crippen LogP contribution in [-0.2, 0) is 36.5 Å². The molecule has 1 unspecified atom stereocenters. The SMILES string of the molecule is Cc1ncsc1-c1ccc([C@H](CC(=O)NCCOCCCCOc2ccc(C3CCN(C4=Nn5c(nnc5C(F)(F)F)CC4)CC3)cc2)NC(=O)C2C[C@@H](O)CN2C(=O)[C@@H](NC(=O)C2(F)CC2)C(C)C)cc1. The zero-order valence-electron chi connectivity index (χ0n) is 40.6. The zero-order chi connectivity index (χ0) is 51.2. The number of unbranched alkanes of at least 4 members (excludes halogenated alkanes) is 1. The van der Waals surface area contributed by atoms with Gasteiger partial charge in [0.25, 0.3) is 11.7 Å². The number of likely N-dealkylation sites (tertiary alicyclic amines) is 2. The van der Waals surface area contributed by atoms with Crippen LogP contribution in [0.25, 0.3) is 10.4 Å². The maximum absolute atomic E-state index is 14.6. The molecule has 1 aliphatic carbocycles. The Hall–Kier alpha value is -6.00. The van der Waals surface area contributed by atoms with Gasteiger partial charge in [-0.2, -0.15) is 22.9 Å². The minimum Gasteiger partial charge on any atom is -0.494 e. The lowest BCUT2D eigenvalue weighted by molar-refractivity contribution is -0.147.